The standard InChI is InChI=1S/C5H11NO2.C5H10O2/c1-2-3-5(4-7)8-6;1-2-3-5(7)4-6/h3,7H,2,4,6H2,1H3;3,6-7H,2,4H2,1H3. The van der Waals surface area contributed by atoms with E-state index in [1.54, 1.807) is 12.2 Å². The zero-order valence-electron chi connectivity index (χ0n) is 9.31. The lowest BCUT2D eigenvalue weighted by atomic mass is 10.4. The summed E-state index contributed by atoms with van der Waals surface area (Å²) in [5, 5.41) is 25.0. The third-order valence-electron chi connectivity index (χ3n) is 1.34. The molecule has 0 fully saturated rings. The largest absolute Gasteiger partial charge is 0.510 e. The number of hydrogen-bond donors (Lipinski definition) is 4. The third kappa shape index (κ3) is 13.0. The zero-order valence-corrected chi connectivity index (χ0v) is 9.31. The van der Waals surface area contributed by atoms with Crippen molar-refractivity contribution >= 4 is 0 Å². The molecule has 0 aromatic rings. The van der Waals surface area contributed by atoms with Crippen molar-refractivity contribution in [3.8, 4) is 0 Å². The van der Waals surface area contributed by atoms with E-state index in [1.165, 1.54) is 0 Å². The van der Waals surface area contributed by atoms with Gasteiger partial charge in [0, 0.05) is 0 Å². The summed E-state index contributed by atoms with van der Waals surface area (Å²) in [4.78, 5) is 4.25. The predicted octanol–water partition coefficient (Wildman–Crippen LogP) is 0.994. The van der Waals surface area contributed by atoms with Gasteiger partial charge < -0.3 is 20.2 Å². The second-order valence-corrected chi connectivity index (χ2v) is 2.62. The van der Waals surface area contributed by atoms with Crippen LogP contribution in [-0.4, -0.2) is 28.5 Å². The Morgan fingerprint density at radius 2 is 1.67 bits per heavy atom. The van der Waals surface area contributed by atoms with Crippen LogP contribution in [-0.2, 0) is 4.84 Å². The molecular weight excluding hydrogens is 198 g/mol. The lowest BCUT2D eigenvalue weighted by molar-refractivity contribution is 0.163. The minimum absolute atomic E-state index is 0.0579. The molecule has 0 bridgehead atoms. The summed E-state index contributed by atoms with van der Waals surface area (Å²) in [6.07, 6.45) is 4.89. The Kier molecular flexibility index (Phi) is 14.2. The summed E-state index contributed by atoms with van der Waals surface area (Å²) >= 11 is 0. The van der Waals surface area contributed by atoms with Crippen LogP contribution in [0.2, 0.25) is 0 Å². The summed E-state index contributed by atoms with van der Waals surface area (Å²) in [5.41, 5.74) is 0. The highest BCUT2D eigenvalue weighted by atomic mass is 16.6. The topological polar surface area (TPSA) is 95.9 Å². The molecule has 15 heavy (non-hydrogen) atoms. The van der Waals surface area contributed by atoms with E-state index in [0.717, 1.165) is 12.8 Å². The van der Waals surface area contributed by atoms with Crippen LogP contribution in [0.4, 0.5) is 0 Å². The van der Waals surface area contributed by atoms with Gasteiger partial charge in [-0.15, -0.1) is 0 Å². The Morgan fingerprint density at radius 1 is 1.13 bits per heavy atom. The Labute approximate surface area is 90.4 Å². The van der Waals surface area contributed by atoms with Crippen molar-refractivity contribution in [3.05, 3.63) is 23.7 Å². The molecule has 0 rings (SSSR count). The van der Waals surface area contributed by atoms with Crippen LogP contribution in [0.3, 0.4) is 0 Å². The average molecular weight is 219 g/mol. The number of nitrogens with two attached hydrogens (primary N) is 1. The van der Waals surface area contributed by atoms with Crippen molar-refractivity contribution in [1.82, 2.24) is 0 Å². The van der Waals surface area contributed by atoms with Crippen molar-refractivity contribution in [2.75, 3.05) is 13.2 Å². The van der Waals surface area contributed by atoms with Gasteiger partial charge in [0.05, 0.1) is 6.61 Å². The maximum absolute atomic E-state index is 8.47. The van der Waals surface area contributed by atoms with Crippen molar-refractivity contribution in [2.45, 2.75) is 26.7 Å². The molecule has 0 aliphatic carbocycles. The van der Waals surface area contributed by atoms with Gasteiger partial charge in [0.1, 0.15) is 18.1 Å². The van der Waals surface area contributed by atoms with Crippen molar-refractivity contribution in [1.29, 1.82) is 0 Å². The van der Waals surface area contributed by atoms with Gasteiger partial charge >= 0.3 is 0 Å². The molecule has 0 aromatic carbocycles. The Bertz CT molecular complexity index is 184. The molecule has 0 saturated carbocycles. The predicted molar refractivity (Wildman–Crippen MR) is 58.8 cm³/mol. The molecule has 5 heteroatoms. The molecule has 0 saturated heterocycles. The lowest BCUT2D eigenvalue weighted by Crippen LogP contribution is -2.02. The Hall–Kier alpha value is -1.04. The summed E-state index contributed by atoms with van der Waals surface area (Å²) in [7, 11) is 0. The van der Waals surface area contributed by atoms with E-state index in [4.69, 9.17) is 21.2 Å². The van der Waals surface area contributed by atoms with E-state index in [-0.39, 0.29) is 19.0 Å². The molecule has 0 heterocycles. The summed E-state index contributed by atoms with van der Waals surface area (Å²) in [6.45, 7) is 3.47. The molecule has 0 unspecified atom stereocenters. The molecule has 5 N–H and O–H groups in total. The van der Waals surface area contributed by atoms with Crippen molar-refractivity contribution in [2.24, 2.45) is 5.90 Å². The van der Waals surface area contributed by atoms with E-state index >= 15 is 0 Å². The van der Waals surface area contributed by atoms with Crippen LogP contribution < -0.4 is 5.90 Å². The molecule has 90 valence electrons. The van der Waals surface area contributed by atoms with Gasteiger partial charge in [0.2, 0.25) is 0 Å². The highest BCUT2D eigenvalue weighted by molar-refractivity contribution is 4.90. The fraction of sp³-hybridized carbons (Fsp3) is 0.600. The van der Waals surface area contributed by atoms with Crippen LogP contribution in [0.5, 0.6) is 0 Å². The minimum Gasteiger partial charge on any atom is -0.510 e. The number of aliphatic hydroxyl groups is 3. The van der Waals surface area contributed by atoms with Gasteiger partial charge in [0.15, 0.2) is 0 Å². The van der Waals surface area contributed by atoms with Gasteiger partial charge in [-0.1, -0.05) is 13.8 Å². The fourth-order valence-corrected chi connectivity index (χ4v) is 0.678. The molecule has 0 aromatic heterocycles. The maximum Gasteiger partial charge on any atom is 0.145 e. The molecular formula is C10H21NO4. The third-order valence-corrected chi connectivity index (χ3v) is 1.34. The highest BCUT2D eigenvalue weighted by Crippen LogP contribution is 1.91. The first-order valence-corrected chi connectivity index (χ1v) is 4.81. The molecule has 0 atom stereocenters. The van der Waals surface area contributed by atoms with Gasteiger partial charge in [-0.3, -0.25) is 0 Å². The number of aliphatic hydroxyl groups excluding tert-OH is 3. The highest BCUT2D eigenvalue weighted by Gasteiger charge is 1.88. The van der Waals surface area contributed by atoms with E-state index in [0.29, 0.717) is 5.76 Å². The average Bonchev–Trinajstić information content (AvgIpc) is 2.27. The van der Waals surface area contributed by atoms with E-state index in [1.807, 2.05) is 13.8 Å². The van der Waals surface area contributed by atoms with Crippen LogP contribution in [0, 0.1) is 0 Å². The van der Waals surface area contributed by atoms with Crippen LogP contribution in [0.1, 0.15) is 26.7 Å². The first-order chi connectivity index (χ1) is 7.15. The van der Waals surface area contributed by atoms with Crippen LogP contribution in [0.25, 0.3) is 0 Å². The molecule has 0 spiro atoms. The van der Waals surface area contributed by atoms with E-state index in [2.05, 4.69) is 4.84 Å². The minimum atomic E-state index is -0.242. The summed E-state index contributed by atoms with van der Waals surface area (Å²) in [6, 6.07) is 0. The van der Waals surface area contributed by atoms with E-state index < -0.39 is 0 Å². The first kappa shape index (κ1) is 16.4. The number of allylic oxidation sites excluding steroid dienone is 2. The first-order valence-electron chi connectivity index (χ1n) is 4.81. The van der Waals surface area contributed by atoms with Gasteiger partial charge in [-0.2, -0.15) is 5.90 Å². The SMILES string of the molecule is CCC=C(CO)ON.CCC=C(O)CO. The molecule has 0 aliphatic rings. The fourth-order valence-electron chi connectivity index (χ4n) is 0.678. The quantitative estimate of drug-likeness (QED) is 0.408. The zero-order chi connectivity index (χ0) is 12.1. The molecule has 5 nitrogen and oxygen atoms in total. The number of hydrogen-bond acceptors (Lipinski definition) is 5. The number of rotatable bonds is 5. The van der Waals surface area contributed by atoms with Crippen LogP contribution in [0.15, 0.2) is 23.7 Å². The summed E-state index contributed by atoms with van der Waals surface area (Å²) < 4.78 is 0. The molecule has 0 amide bonds. The van der Waals surface area contributed by atoms with E-state index in [9.17, 15) is 0 Å². The summed E-state index contributed by atoms with van der Waals surface area (Å²) in [5.74, 6) is 5.22. The Morgan fingerprint density at radius 3 is 1.80 bits per heavy atom. The second kappa shape index (κ2) is 13.0. The van der Waals surface area contributed by atoms with Gasteiger partial charge in [-0.25, -0.2) is 0 Å². The second-order valence-electron chi connectivity index (χ2n) is 2.62. The molecule has 0 aliphatic heterocycles. The van der Waals surface area contributed by atoms with Gasteiger partial charge in [0.25, 0.3) is 0 Å². The maximum atomic E-state index is 8.47. The lowest BCUT2D eigenvalue weighted by Gasteiger charge is -1.97. The monoisotopic (exact) mass is 219 g/mol. The Balaban J connectivity index is 0. The molecule has 0 radical (unpaired) electrons. The van der Waals surface area contributed by atoms with Crippen molar-refractivity contribution < 1.29 is 20.2 Å². The van der Waals surface area contributed by atoms with Crippen molar-refractivity contribution in [3.63, 3.8) is 0 Å². The van der Waals surface area contributed by atoms with Crippen LogP contribution >= 0.6 is 0 Å². The smallest absolute Gasteiger partial charge is 0.145 e. The van der Waals surface area contributed by atoms with Gasteiger partial charge in [-0.05, 0) is 25.0 Å². The normalized spacial score (nSPS) is 11.8.